The van der Waals surface area contributed by atoms with Crippen LogP contribution in [0.15, 0.2) is 30.3 Å². The van der Waals surface area contributed by atoms with Crippen LogP contribution in [-0.4, -0.2) is 41.5 Å². The average Bonchev–Trinajstić information content (AvgIpc) is 2.54. The van der Waals surface area contributed by atoms with Crippen molar-refractivity contribution in [1.82, 2.24) is 9.80 Å². The normalized spacial score (nSPS) is 28.6. The van der Waals surface area contributed by atoms with E-state index in [1.807, 2.05) is 0 Å². The van der Waals surface area contributed by atoms with Gasteiger partial charge in [0.05, 0.1) is 0 Å². The fourth-order valence-corrected chi connectivity index (χ4v) is 3.95. The summed E-state index contributed by atoms with van der Waals surface area (Å²) in [5.74, 6) is 2.85. The predicted octanol–water partition coefficient (Wildman–Crippen LogP) is 3.31. The molecule has 2 heterocycles. The maximum Gasteiger partial charge on any atom is 0.0479 e. The summed E-state index contributed by atoms with van der Waals surface area (Å²) in [7, 11) is 0. The molecule has 0 aromatic heterocycles. The van der Waals surface area contributed by atoms with Crippen molar-refractivity contribution in [2.24, 2.45) is 0 Å². The smallest absolute Gasteiger partial charge is 0.0479 e. The zero-order valence-corrected chi connectivity index (χ0v) is 13.0. The molecule has 0 saturated carbocycles. The van der Waals surface area contributed by atoms with Crippen LogP contribution in [-0.2, 0) is 0 Å². The maximum absolute atomic E-state index is 5.56. The van der Waals surface area contributed by atoms with Crippen molar-refractivity contribution in [2.75, 3.05) is 19.6 Å². The molecule has 2 aliphatic rings. The Morgan fingerprint density at radius 1 is 1.24 bits per heavy atom. The van der Waals surface area contributed by atoms with Crippen molar-refractivity contribution in [3.8, 4) is 12.3 Å². The molecule has 2 heteroatoms. The lowest BCUT2D eigenvalue weighted by molar-refractivity contribution is -0.0106. The van der Waals surface area contributed by atoms with E-state index in [2.05, 4.69) is 53.0 Å². The van der Waals surface area contributed by atoms with Crippen LogP contribution in [0.2, 0.25) is 0 Å². The number of benzene rings is 1. The highest BCUT2D eigenvalue weighted by Gasteiger charge is 2.37. The summed E-state index contributed by atoms with van der Waals surface area (Å²) >= 11 is 0. The van der Waals surface area contributed by atoms with E-state index in [1.165, 1.54) is 37.9 Å². The van der Waals surface area contributed by atoms with Crippen LogP contribution in [0.4, 0.5) is 0 Å². The lowest BCUT2D eigenvalue weighted by Crippen LogP contribution is -2.57. The first-order valence-corrected chi connectivity index (χ1v) is 8.28. The highest BCUT2D eigenvalue weighted by Crippen LogP contribution is 2.33. The Hall–Kier alpha value is -1.30. The summed E-state index contributed by atoms with van der Waals surface area (Å²) < 4.78 is 0. The fourth-order valence-electron chi connectivity index (χ4n) is 3.95. The van der Waals surface area contributed by atoms with Gasteiger partial charge in [-0.1, -0.05) is 36.8 Å². The number of terminal acetylenes is 1. The summed E-state index contributed by atoms with van der Waals surface area (Å²) in [6, 6.07) is 12.6. The summed E-state index contributed by atoms with van der Waals surface area (Å²) in [6.45, 7) is 5.88. The molecule has 1 aromatic rings. The monoisotopic (exact) mass is 282 g/mol. The van der Waals surface area contributed by atoms with Gasteiger partial charge in [0, 0.05) is 37.6 Å². The van der Waals surface area contributed by atoms with Crippen molar-refractivity contribution in [1.29, 1.82) is 0 Å². The van der Waals surface area contributed by atoms with Gasteiger partial charge in [-0.05, 0) is 31.9 Å². The molecule has 0 radical (unpaired) electrons. The van der Waals surface area contributed by atoms with Crippen LogP contribution >= 0.6 is 0 Å². The molecule has 0 N–H and O–H groups in total. The van der Waals surface area contributed by atoms with Gasteiger partial charge in [-0.2, -0.15) is 0 Å². The largest absolute Gasteiger partial charge is 0.297 e. The summed E-state index contributed by atoms with van der Waals surface area (Å²) in [6.07, 6.45) is 10.5. The molecule has 2 aliphatic heterocycles. The fraction of sp³-hybridized carbons (Fsp3) is 0.579. The van der Waals surface area contributed by atoms with Gasteiger partial charge in [-0.25, -0.2) is 0 Å². The molecule has 21 heavy (non-hydrogen) atoms. The molecule has 2 saturated heterocycles. The maximum atomic E-state index is 5.56. The van der Waals surface area contributed by atoms with Crippen LogP contribution in [0.3, 0.4) is 0 Å². The van der Waals surface area contributed by atoms with E-state index in [0.29, 0.717) is 12.1 Å². The van der Waals surface area contributed by atoms with E-state index in [9.17, 15) is 0 Å². The molecule has 0 spiro atoms. The minimum atomic E-state index is 0.462. The molecule has 0 bridgehead atoms. The SMILES string of the molecule is C#CCC(C)N1CC2CCCCN2CC1c1ccccc1. The van der Waals surface area contributed by atoms with Gasteiger partial charge < -0.3 is 0 Å². The number of piperidine rings is 1. The van der Waals surface area contributed by atoms with Crippen molar-refractivity contribution in [2.45, 2.75) is 50.7 Å². The van der Waals surface area contributed by atoms with Crippen LogP contribution < -0.4 is 0 Å². The third kappa shape index (κ3) is 3.15. The van der Waals surface area contributed by atoms with E-state index in [1.54, 1.807) is 0 Å². The van der Waals surface area contributed by atoms with Gasteiger partial charge in [0.25, 0.3) is 0 Å². The predicted molar refractivity (Wildman–Crippen MR) is 88.0 cm³/mol. The van der Waals surface area contributed by atoms with E-state index >= 15 is 0 Å². The Kier molecular flexibility index (Phi) is 4.63. The molecule has 1 aromatic carbocycles. The van der Waals surface area contributed by atoms with Crippen LogP contribution in [0.5, 0.6) is 0 Å². The minimum absolute atomic E-state index is 0.462. The Morgan fingerprint density at radius 2 is 2.05 bits per heavy atom. The zero-order chi connectivity index (χ0) is 14.7. The van der Waals surface area contributed by atoms with Crippen molar-refractivity contribution in [3.05, 3.63) is 35.9 Å². The van der Waals surface area contributed by atoms with Crippen LogP contribution in [0.25, 0.3) is 0 Å². The van der Waals surface area contributed by atoms with Crippen molar-refractivity contribution in [3.63, 3.8) is 0 Å². The second-order valence-corrected chi connectivity index (χ2v) is 6.53. The quantitative estimate of drug-likeness (QED) is 0.785. The Labute approximate surface area is 129 Å². The van der Waals surface area contributed by atoms with Crippen LogP contribution in [0.1, 0.15) is 44.2 Å². The first kappa shape index (κ1) is 14.6. The Balaban J connectivity index is 1.84. The third-order valence-electron chi connectivity index (χ3n) is 5.14. The van der Waals surface area contributed by atoms with E-state index in [-0.39, 0.29) is 0 Å². The Morgan fingerprint density at radius 3 is 2.81 bits per heavy atom. The number of piperazine rings is 1. The van der Waals surface area contributed by atoms with Gasteiger partial charge >= 0.3 is 0 Å². The van der Waals surface area contributed by atoms with E-state index in [0.717, 1.165) is 19.0 Å². The van der Waals surface area contributed by atoms with Crippen molar-refractivity contribution >= 4 is 0 Å². The summed E-state index contributed by atoms with van der Waals surface area (Å²) in [5, 5.41) is 0. The number of hydrogen-bond donors (Lipinski definition) is 0. The first-order valence-electron chi connectivity index (χ1n) is 8.28. The molecule has 3 atom stereocenters. The first-order chi connectivity index (χ1) is 10.3. The van der Waals surface area contributed by atoms with Gasteiger partial charge in [-0.15, -0.1) is 12.3 Å². The van der Waals surface area contributed by atoms with E-state index in [4.69, 9.17) is 6.42 Å². The molecule has 112 valence electrons. The third-order valence-corrected chi connectivity index (χ3v) is 5.14. The number of nitrogens with zero attached hydrogens (tertiary/aromatic N) is 2. The zero-order valence-electron chi connectivity index (χ0n) is 13.0. The molecule has 0 aliphatic carbocycles. The molecule has 2 fully saturated rings. The highest BCUT2D eigenvalue weighted by molar-refractivity contribution is 5.21. The standard InChI is InChI=1S/C19H26N2/c1-3-9-16(2)21-14-18-12-7-8-13-20(18)15-19(21)17-10-5-4-6-11-17/h1,4-6,10-11,16,18-19H,7-9,12-15H2,2H3. The topological polar surface area (TPSA) is 6.48 Å². The molecule has 3 rings (SSSR count). The highest BCUT2D eigenvalue weighted by atomic mass is 15.3. The summed E-state index contributed by atoms with van der Waals surface area (Å²) in [5.41, 5.74) is 1.44. The molecule has 3 unspecified atom stereocenters. The minimum Gasteiger partial charge on any atom is -0.297 e. The molecule has 0 amide bonds. The van der Waals surface area contributed by atoms with E-state index < -0.39 is 0 Å². The number of rotatable bonds is 3. The number of hydrogen-bond acceptors (Lipinski definition) is 2. The van der Waals surface area contributed by atoms with Gasteiger partial charge in [-0.3, -0.25) is 9.80 Å². The second kappa shape index (κ2) is 6.64. The molecule has 2 nitrogen and oxygen atoms in total. The average molecular weight is 282 g/mol. The van der Waals surface area contributed by atoms with Crippen molar-refractivity contribution < 1.29 is 0 Å². The lowest BCUT2D eigenvalue weighted by Gasteiger charge is -2.50. The number of fused-ring (bicyclic) bond motifs is 1. The summed E-state index contributed by atoms with van der Waals surface area (Å²) in [4.78, 5) is 5.36. The molecular formula is C19H26N2. The Bertz CT molecular complexity index is 490. The second-order valence-electron chi connectivity index (χ2n) is 6.53. The van der Waals surface area contributed by atoms with Gasteiger partial charge in [0.15, 0.2) is 0 Å². The van der Waals surface area contributed by atoms with Gasteiger partial charge in [0.1, 0.15) is 0 Å². The van der Waals surface area contributed by atoms with Gasteiger partial charge in [0.2, 0.25) is 0 Å². The lowest BCUT2D eigenvalue weighted by atomic mass is 9.92. The van der Waals surface area contributed by atoms with Crippen LogP contribution in [0, 0.1) is 12.3 Å². The molecular weight excluding hydrogens is 256 g/mol.